The van der Waals surface area contributed by atoms with E-state index >= 15 is 0 Å². The summed E-state index contributed by atoms with van der Waals surface area (Å²) in [7, 11) is 0. The summed E-state index contributed by atoms with van der Waals surface area (Å²) >= 11 is 1.51. The summed E-state index contributed by atoms with van der Waals surface area (Å²) < 4.78 is 1.93. The lowest BCUT2D eigenvalue weighted by Crippen LogP contribution is -2.14. The summed E-state index contributed by atoms with van der Waals surface area (Å²) in [5.41, 5.74) is 2.32. The van der Waals surface area contributed by atoms with Crippen molar-refractivity contribution in [3.8, 4) is 17.1 Å². The van der Waals surface area contributed by atoms with Crippen molar-refractivity contribution in [3.05, 3.63) is 58.5 Å². The Bertz CT molecular complexity index is 870. The lowest BCUT2D eigenvalue weighted by Gasteiger charge is -2.09. The number of aromatic nitrogens is 4. The highest BCUT2D eigenvalue weighted by molar-refractivity contribution is 7.98. The summed E-state index contributed by atoms with van der Waals surface area (Å²) in [4.78, 5) is 15.9. The Morgan fingerprint density at radius 3 is 2.67 bits per heavy atom. The Labute approximate surface area is 145 Å². The molecular formula is C18H20N4OS. The average Bonchev–Trinajstić information content (AvgIpc) is 3.05. The number of aromatic amines is 1. The zero-order valence-electron chi connectivity index (χ0n) is 13.8. The zero-order chi connectivity index (χ0) is 16.9. The van der Waals surface area contributed by atoms with Crippen LogP contribution in [-0.4, -0.2) is 26.0 Å². The van der Waals surface area contributed by atoms with Gasteiger partial charge in [-0.15, -0.1) is 10.2 Å². The molecule has 1 aromatic carbocycles. The smallest absolute Gasteiger partial charge is 0.195 e. The fourth-order valence-electron chi connectivity index (χ4n) is 2.64. The number of rotatable bonds is 6. The molecule has 0 saturated heterocycles. The van der Waals surface area contributed by atoms with E-state index in [2.05, 4.69) is 22.1 Å². The maximum atomic E-state index is 12.8. The normalized spacial score (nSPS) is 10.9. The van der Waals surface area contributed by atoms with E-state index in [0.717, 1.165) is 35.7 Å². The molecule has 2 aromatic heterocycles. The molecule has 3 rings (SSSR count). The number of nitrogens with zero attached hydrogens (tertiary/aromatic N) is 3. The lowest BCUT2D eigenvalue weighted by molar-refractivity contribution is 0.788. The van der Waals surface area contributed by atoms with Crippen LogP contribution in [0.2, 0.25) is 0 Å². The SMILES string of the molecule is CCCCc1c[nH]cc(-c2nnc(SC)n2-c2ccccc2)c1=O. The van der Waals surface area contributed by atoms with Crippen molar-refractivity contribution in [1.29, 1.82) is 0 Å². The quantitative estimate of drug-likeness (QED) is 0.695. The van der Waals surface area contributed by atoms with Gasteiger partial charge in [0.15, 0.2) is 16.4 Å². The second-order valence-electron chi connectivity index (χ2n) is 5.51. The molecule has 0 saturated carbocycles. The average molecular weight is 340 g/mol. The van der Waals surface area contributed by atoms with Gasteiger partial charge in [-0.25, -0.2) is 0 Å². The molecule has 0 aliphatic heterocycles. The number of H-pyrrole nitrogens is 1. The van der Waals surface area contributed by atoms with Crippen LogP contribution in [-0.2, 0) is 6.42 Å². The molecule has 24 heavy (non-hydrogen) atoms. The van der Waals surface area contributed by atoms with Crippen LogP contribution < -0.4 is 5.43 Å². The molecule has 0 spiro atoms. The molecule has 2 heterocycles. The van der Waals surface area contributed by atoms with E-state index in [4.69, 9.17) is 0 Å². The van der Waals surface area contributed by atoms with Gasteiger partial charge in [0.05, 0.1) is 5.56 Å². The zero-order valence-corrected chi connectivity index (χ0v) is 14.6. The Hall–Kier alpha value is -2.34. The van der Waals surface area contributed by atoms with Crippen LogP contribution >= 0.6 is 11.8 Å². The Morgan fingerprint density at radius 2 is 1.96 bits per heavy atom. The Balaban J connectivity index is 2.15. The van der Waals surface area contributed by atoms with Gasteiger partial charge in [-0.05, 0) is 31.2 Å². The van der Waals surface area contributed by atoms with E-state index in [-0.39, 0.29) is 5.43 Å². The third-order valence-electron chi connectivity index (χ3n) is 3.89. The highest BCUT2D eigenvalue weighted by atomic mass is 32.2. The lowest BCUT2D eigenvalue weighted by atomic mass is 10.1. The maximum absolute atomic E-state index is 12.8. The van der Waals surface area contributed by atoms with Crippen LogP contribution in [0.15, 0.2) is 52.7 Å². The fraction of sp³-hybridized carbons (Fsp3) is 0.278. The van der Waals surface area contributed by atoms with Crippen LogP contribution in [0.4, 0.5) is 0 Å². The summed E-state index contributed by atoms with van der Waals surface area (Å²) in [6, 6.07) is 9.87. The van der Waals surface area contributed by atoms with Gasteiger partial charge in [-0.3, -0.25) is 9.36 Å². The number of benzene rings is 1. The molecular weight excluding hydrogens is 320 g/mol. The summed E-state index contributed by atoms with van der Waals surface area (Å²) in [5, 5.41) is 9.29. The van der Waals surface area contributed by atoms with Crippen molar-refractivity contribution < 1.29 is 0 Å². The number of aryl methyl sites for hydroxylation is 1. The van der Waals surface area contributed by atoms with E-state index in [1.54, 1.807) is 12.4 Å². The predicted octanol–water partition coefficient (Wildman–Crippen LogP) is 3.69. The van der Waals surface area contributed by atoms with Crippen LogP contribution in [0, 0.1) is 0 Å². The molecule has 0 amide bonds. The largest absolute Gasteiger partial charge is 0.366 e. The number of thioether (sulfide) groups is 1. The second kappa shape index (κ2) is 7.49. The topological polar surface area (TPSA) is 63.6 Å². The molecule has 0 fully saturated rings. The molecule has 1 N–H and O–H groups in total. The fourth-order valence-corrected chi connectivity index (χ4v) is 3.13. The molecule has 0 aliphatic carbocycles. The van der Waals surface area contributed by atoms with Crippen molar-refractivity contribution in [3.63, 3.8) is 0 Å². The first-order valence-corrected chi connectivity index (χ1v) is 9.24. The highest BCUT2D eigenvalue weighted by Crippen LogP contribution is 2.25. The number of unbranched alkanes of at least 4 members (excludes halogenated alkanes) is 1. The van der Waals surface area contributed by atoms with Crippen molar-refractivity contribution >= 4 is 11.8 Å². The van der Waals surface area contributed by atoms with Crippen molar-refractivity contribution in [2.75, 3.05) is 6.26 Å². The van der Waals surface area contributed by atoms with Crippen molar-refractivity contribution in [2.45, 2.75) is 31.3 Å². The molecule has 0 unspecified atom stereocenters. The van der Waals surface area contributed by atoms with Crippen molar-refractivity contribution in [1.82, 2.24) is 19.7 Å². The van der Waals surface area contributed by atoms with Gasteiger partial charge in [0.2, 0.25) is 0 Å². The third kappa shape index (κ3) is 3.14. The summed E-state index contributed by atoms with van der Waals surface area (Å²) in [6.07, 6.45) is 8.28. The minimum absolute atomic E-state index is 0.0273. The first kappa shape index (κ1) is 16.5. The van der Waals surface area contributed by atoms with E-state index in [1.807, 2.05) is 41.2 Å². The second-order valence-corrected chi connectivity index (χ2v) is 6.28. The summed E-state index contributed by atoms with van der Waals surface area (Å²) in [6.45, 7) is 2.12. The van der Waals surface area contributed by atoms with E-state index in [9.17, 15) is 4.79 Å². The predicted molar refractivity (Wildman–Crippen MR) is 97.8 cm³/mol. The molecule has 3 aromatic rings. The molecule has 0 aliphatic rings. The molecule has 5 nitrogen and oxygen atoms in total. The van der Waals surface area contributed by atoms with Gasteiger partial charge in [-0.1, -0.05) is 43.3 Å². The molecule has 124 valence electrons. The number of pyridine rings is 1. The summed E-state index contributed by atoms with van der Waals surface area (Å²) in [5.74, 6) is 0.574. The highest BCUT2D eigenvalue weighted by Gasteiger charge is 2.18. The minimum Gasteiger partial charge on any atom is -0.366 e. The molecule has 0 atom stereocenters. The van der Waals surface area contributed by atoms with Gasteiger partial charge in [0.25, 0.3) is 0 Å². The van der Waals surface area contributed by atoms with Crippen LogP contribution in [0.5, 0.6) is 0 Å². The Kier molecular flexibility index (Phi) is 5.15. The minimum atomic E-state index is 0.0273. The number of hydrogen-bond acceptors (Lipinski definition) is 4. The van der Waals surface area contributed by atoms with Gasteiger partial charge in [0, 0.05) is 23.6 Å². The molecule has 6 heteroatoms. The first-order valence-electron chi connectivity index (χ1n) is 8.01. The third-order valence-corrected chi connectivity index (χ3v) is 4.52. The van der Waals surface area contributed by atoms with Gasteiger partial charge < -0.3 is 4.98 Å². The number of para-hydroxylation sites is 1. The molecule has 0 radical (unpaired) electrons. The first-order chi connectivity index (χ1) is 11.8. The Morgan fingerprint density at radius 1 is 1.17 bits per heavy atom. The van der Waals surface area contributed by atoms with Gasteiger partial charge in [0.1, 0.15) is 0 Å². The standard InChI is InChI=1S/C18H20N4OS/c1-3-4-8-13-11-19-12-15(16(13)23)17-20-21-18(24-2)22(17)14-9-6-5-7-10-14/h5-7,9-12H,3-4,8H2,1-2H3,(H,19,23). The van der Waals surface area contributed by atoms with Crippen LogP contribution in [0.3, 0.4) is 0 Å². The van der Waals surface area contributed by atoms with Crippen molar-refractivity contribution in [2.24, 2.45) is 0 Å². The monoisotopic (exact) mass is 340 g/mol. The van der Waals surface area contributed by atoms with E-state index in [0.29, 0.717) is 11.4 Å². The van der Waals surface area contributed by atoms with Crippen LogP contribution in [0.25, 0.3) is 17.1 Å². The van der Waals surface area contributed by atoms with Crippen LogP contribution in [0.1, 0.15) is 25.3 Å². The van der Waals surface area contributed by atoms with E-state index in [1.165, 1.54) is 11.8 Å². The van der Waals surface area contributed by atoms with Gasteiger partial charge in [-0.2, -0.15) is 0 Å². The molecule has 0 bridgehead atoms. The number of hydrogen-bond donors (Lipinski definition) is 1. The van der Waals surface area contributed by atoms with Gasteiger partial charge >= 0.3 is 0 Å². The maximum Gasteiger partial charge on any atom is 0.195 e. The van der Waals surface area contributed by atoms with E-state index < -0.39 is 0 Å². The number of nitrogens with one attached hydrogen (secondary N) is 1.